The van der Waals surface area contributed by atoms with E-state index in [1.165, 1.54) is 5.69 Å². The molecule has 1 aromatic carbocycles. The van der Waals surface area contributed by atoms with Crippen LogP contribution in [-0.2, 0) is 0 Å². The van der Waals surface area contributed by atoms with Crippen LogP contribution in [0.3, 0.4) is 0 Å². The normalized spacial score (nSPS) is 19.8. The maximum Gasteiger partial charge on any atom is 0.0848 e. The maximum absolute atomic E-state index is 6.25. The summed E-state index contributed by atoms with van der Waals surface area (Å²) in [7, 11) is 0. The molecule has 0 N–H and O–H groups in total. The second-order valence-corrected chi connectivity index (χ2v) is 4.71. The van der Waals surface area contributed by atoms with Gasteiger partial charge in [-0.2, -0.15) is 0 Å². The number of nitrogens with zero attached hydrogens (tertiary/aromatic N) is 2. The lowest BCUT2D eigenvalue weighted by Gasteiger charge is -2.38. The summed E-state index contributed by atoms with van der Waals surface area (Å²) in [5.74, 6) is 0. The first kappa shape index (κ1) is 11.7. The summed E-state index contributed by atoms with van der Waals surface area (Å²) in [6.07, 6.45) is 1.02. The van der Waals surface area contributed by atoms with Gasteiger partial charge >= 0.3 is 0 Å². The van der Waals surface area contributed by atoms with Crippen LogP contribution in [0.5, 0.6) is 0 Å². The fourth-order valence-electron chi connectivity index (χ4n) is 2.16. The molecule has 88 valence electrons. The van der Waals surface area contributed by atoms with Crippen molar-refractivity contribution in [1.29, 1.82) is 0 Å². The van der Waals surface area contributed by atoms with E-state index in [4.69, 9.17) is 11.6 Å². The van der Waals surface area contributed by atoms with Crippen LogP contribution < -0.4 is 4.90 Å². The molecule has 0 bridgehead atoms. The molecule has 1 saturated heterocycles. The van der Waals surface area contributed by atoms with Gasteiger partial charge in [-0.25, -0.2) is 0 Å². The molecule has 0 spiro atoms. The average molecular weight is 239 g/mol. The van der Waals surface area contributed by atoms with Crippen molar-refractivity contribution in [3.8, 4) is 0 Å². The molecule has 0 aromatic heterocycles. The third-order valence-corrected chi connectivity index (χ3v) is 3.75. The standard InChI is InChI=1S/C13H19ClN2/c1-2-13(14)16-10-8-15(9-11-16)12-6-4-3-5-7-12/h3-7,13H,2,8-11H2,1H3. The Balaban J connectivity index is 1.91. The molecule has 1 atom stereocenters. The fraction of sp³-hybridized carbons (Fsp3) is 0.538. The van der Waals surface area contributed by atoms with E-state index in [0.717, 1.165) is 32.6 Å². The minimum absolute atomic E-state index is 0.206. The van der Waals surface area contributed by atoms with E-state index < -0.39 is 0 Å². The molecule has 3 heteroatoms. The van der Waals surface area contributed by atoms with E-state index in [0.29, 0.717) is 0 Å². The van der Waals surface area contributed by atoms with Crippen LogP contribution in [0.15, 0.2) is 30.3 Å². The number of hydrogen-bond donors (Lipinski definition) is 0. The molecular formula is C13H19ClN2. The first-order valence-corrected chi connectivity index (χ1v) is 6.43. The highest BCUT2D eigenvalue weighted by molar-refractivity contribution is 6.20. The van der Waals surface area contributed by atoms with Gasteiger partial charge in [0.15, 0.2) is 0 Å². The Morgan fingerprint density at radius 3 is 2.31 bits per heavy atom. The topological polar surface area (TPSA) is 6.48 Å². The molecule has 16 heavy (non-hydrogen) atoms. The highest BCUT2D eigenvalue weighted by atomic mass is 35.5. The summed E-state index contributed by atoms with van der Waals surface area (Å²) in [4.78, 5) is 4.79. The Morgan fingerprint density at radius 1 is 1.12 bits per heavy atom. The van der Waals surface area contributed by atoms with Crippen molar-refractivity contribution < 1.29 is 0 Å². The van der Waals surface area contributed by atoms with E-state index in [1.54, 1.807) is 0 Å². The number of piperazine rings is 1. The Kier molecular flexibility index (Phi) is 4.08. The van der Waals surface area contributed by atoms with Crippen LogP contribution in [0.4, 0.5) is 5.69 Å². The van der Waals surface area contributed by atoms with Crippen LogP contribution >= 0.6 is 11.6 Å². The summed E-state index contributed by atoms with van der Waals surface area (Å²) in [6, 6.07) is 10.6. The van der Waals surface area contributed by atoms with Gasteiger partial charge < -0.3 is 4.90 Å². The molecule has 1 aliphatic heterocycles. The zero-order valence-electron chi connectivity index (χ0n) is 9.77. The highest BCUT2D eigenvalue weighted by Gasteiger charge is 2.20. The molecule has 1 aliphatic rings. The Morgan fingerprint density at radius 2 is 1.75 bits per heavy atom. The second-order valence-electron chi connectivity index (χ2n) is 4.20. The molecule has 0 aliphatic carbocycles. The number of halogens is 1. The van der Waals surface area contributed by atoms with Crippen molar-refractivity contribution in [1.82, 2.24) is 4.90 Å². The van der Waals surface area contributed by atoms with Crippen LogP contribution in [0.2, 0.25) is 0 Å². The molecule has 1 unspecified atom stereocenters. The van der Waals surface area contributed by atoms with Gasteiger partial charge in [-0.05, 0) is 18.6 Å². The van der Waals surface area contributed by atoms with Crippen molar-refractivity contribution in [2.24, 2.45) is 0 Å². The lowest BCUT2D eigenvalue weighted by Crippen LogP contribution is -2.48. The van der Waals surface area contributed by atoms with Gasteiger partial charge in [-0.3, -0.25) is 4.90 Å². The lowest BCUT2D eigenvalue weighted by atomic mass is 10.2. The average Bonchev–Trinajstić information content (AvgIpc) is 2.39. The van der Waals surface area contributed by atoms with Crippen molar-refractivity contribution in [2.45, 2.75) is 18.8 Å². The Bertz CT molecular complexity index is 307. The van der Waals surface area contributed by atoms with Crippen molar-refractivity contribution >= 4 is 17.3 Å². The maximum atomic E-state index is 6.25. The van der Waals surface area contributed by atoms with Crippen LogP contribution in [0.1, 0.15) is 13.3 Å². The highest BCUT2D eigenvalue weighted by Crippen LogP contribution is 2.18. The Labute approximate surface area is 103 Å². The lowest BCUT2D eigenvalue weighted by molar-refractivity contribution is 0.233. The number of alkyl halides is 1. The first-order chi connectivity index (χ1) is 7.81. The van der Waals surface area contributed by atoms with Gasteiger partial charge in [-0.15, -0.1) is 11.6 Å². The van der Waals surface area contributed by atoms with Gasteiger partial charge in [0.1, 0.15) is 0 Å². The van der Waals surface area contributed by atoms with Crippen LogP contribution in [0, 0.1) is 0 Å². The number of benzene rings is 1. The van der Waals surface area contributed by atoms with Gasteiger partial charge in [0.05, 0.1) is 5.50 Å². The van der Waals surface area contributed by atoms with Gasteiger partial charge in [-0.1, -0.05) is 25.1 Å². The van der Waals surface area contributed by atoms with Gasteiger partial charge in [0.25, 0.3) is 0 Å². The van der Waals surface area contributed by atoms with Crippen molar-refractivity contribution in [3.63, 3.8) is 0 Å². The quantitative estimate of drug-likeness (QED) is 0.590. The molecule has 0 amide bonds. The summed E-state index contributed by atoms with van der Waals surface area (Å²) >= 11 is 6.25. The van der Waals surface area contributed by atoms with E-state index in [9.17, 15) is 0 Å². The van der Waals surface area contributed by atoms with Crippen molar-refractivity contribution in [2.75, 3.05) is 31.1 Å². The molecular weight excluding hydrogens is 220 g/mol. The first-order valence-electron chi connectivity index (χ1n) is 5.99. The SMILES string of the molecule is CCC(Cl)N1CCN(c2ccccc2)CC1. The zero-order valence-corrected chi connectivity index (χ0v) is 10.5. The minimum atomic E-state index is 0.206. The number of rotatable bonds is 3. The van der Waals surface area contributed by atoms with Gasteiger partial charge in [0.2, 0.25) is 0 Å². The predicted molar refractivity (Wildman–Crippen MR) is 70.2 cm³/mol. The molecule has 2 rings (SSSR count). The van der Waals surface area contributed by atoms with Crippen molar-refractivity contribution in [3.05, 3.63) is 30.3 Å². The fourth-order valence-corrected chi connectivity index (χ4v) is 2.35. The third-order valence-electron chi connectivity index (χ3n) is 3.17. The minimum Gasteiger partial charge on any atom is -0.369 e. The molecule has 1 fully saturated rings. The monoisotopic (exact) mass is 238 g/mol. The smallest absolute Gasteiger partial charge is 0.0848 e. The predicted octanol–water partition coefficient (Wildman–Crippen LogP) is 2.78. The van der Waals surface area contributed by atoms with E-state index in [1.807, 2.05) is 0 Å². The largest absolute Gasteiger partial charge is 0.369 e. The number of hydrogen-bond acceptors (Lipinski definition) is 2. The second kappa shape index (κ2) is 5.55. The number of anilines is 1. The molecule has 1 aromatic rings. The molecule has 0 radical (unpaired) electrons. The zero-order chi connectivity index (χ0) is 11.4. The van der Waals surface area contributed by atoms with E-state index in [-0.39, 0.29) is 5.50 Å². The van der Waals surface area contributed by atoms with Crippen LogP contribution in [0.25, 0.3) is 0 Å². The van der Waals surface area contributed by atoms with Crippen LogP contribution in [-0.4, -0.2) is 36.6 Å². The number of para-hydroxylation sites is 1. The molecule has 1 heterocycles. The summed E-state index contributed by atoms with van der Waals surface area (Å²) in [6.45, 7) is 6.43. The molecule has 0 saturated carbocycles. The molecule has 2 nitrogen and oxygen atoms in total. The summed E-state index contributed by atoms with van der Waals surface area (Å²) in [5, 5.41) is 0. The summed E-state index contributed by atoms with van der Waals surface area (Å²) in [5.41, 5.74) is 1.53. The van der Waals surface area contributed by atoms with Gasteiger partial charge in [0, 0.05) is 31.9 Å². The van der Waals surface area contributed by atoms with E-state index >= 15 is 0 Å². The Hall–Kier alpha value is -0.730. The summed E-state index contributed by atoms with van der Waals surface area (Å²) < 4.78 is 0. The third kappa shape index (κ3) is 2.69. The van der Waals surface area contributed by atoms with E-state index in [2.05, 4.69) is 47.1 Å².